The molecular weight excluding hydrogens is 1240 g/mol. The number of nitrogens with one attached hydrogen (secondary N) is 3. The van der Waals surface area contributed by atoms with Gasteiger partial charge in [-0.1, -0.05) is 138 Å². The molecule has 5 N–H and O–H groups in total. The lowest BCUT2D eigenvalue weighted by molar-refractivity contribution is -0.145. The molecule has 0 fully saturated rings. The molecule has 0 unspecified atom stereocenters. The number of primary amides is 1. The van der Waals surface area contributed by atoms with Crippen molar-refractivity contribution >= 4 is 81.8 Å². The number of nitrogens with two attached hydrogens (primary N) is 1. The zero-order chi connectivity index (χ0) is 71.2. The fourth-order valence-electron chi connectivity index (χ4n) is 12.2. The molecule has 22 heteroatoms. The molecule has 4 rings (SSSR count). The number of anilines is 1. The number of thiazole rings is 1. The number of imide groups is 1. The van der Waals surface area contributed by atoms with Gasteiger partial charge >= 0.3 is 12.1 Å². The number of ether oxygens (including phenoxy) is 2. The number of unbranched alkanes of at least 4 members (excludes halogenated alkanes) is 2. The number of Topliss-reactive ketones (excluding diaryl/α,β-unsaturated/α-hetero) is 4. The van der Waals surface area contributed by atoms with Crippen molar-refractivity contribution in [2.75, 3.05) is 38.6 Å². The van der Waals surface area contributed by atoms with Gasteiger partial charge in [0.2, 0.25) is 11.8 Å². The van der Waals surface area contributed by atoms with Crippen molar-refractivity contribution in [3.8, 4) is 0 Å². The summed E-state index contributed by atoms with van der Waals surface area (Å²) in [6.45, 7) is 24.3. The lowest BCUT2D eigenvalue weighted by Crippen LogP contribution is -2.51. The molecule has 0 radical (unpaired) electrons. The molecule has 1 aromatic heterocycles. The van der Waals surface area contributed by atoms with Gasteiger partial charge in [-0.3, -0.25) is 48.1 Å². The molecule has 0 bridgehead atoms. The van der Waals surface area contributed by atoms with E-state index in [0.29, 0.717) is 93.6 Å². The molecule has 0 spiro atoms. The van der Waals surface area contributed by atoms with Crippen molar-refractivity contribution in [1.29, 1.82) is 0 Å². The second-order valence-corrected chi connectivity index (χ2v) is 27.7. The lowest BCUT2D eigenvalue weighted by atomic mass is 9.81. The van der Waals surface area contributed by atoms with Crippen LogP contribution in [0.2, 0.25) is 0 Å². The molecule has 2 aromatic carbocycles. The standard InChI is InChI=1S/C74H110N8O13S/c1-14-36-81(62(48(7)8)44-65(94-38-15-2)71-79-61(46-96-71)70(90)78-57(39-51(11)52(12)83)40-53-25-20-18-21-26-53)72(91)60(49(9)16-3)43-64(86)68(50(10)17-4)80(13)74(93)95-45-54-29-31-56(32-30-54)77-69(89)55(27-24-35-76-73(75)92)41-63(85)59(47(5)6)42-58(84)28-22-19-23-37-82-66(87)33-34-67(82)88/h18,20-21,25-26,29-34,46-51,55,57,59-60,62,65,68H,14-17,19,22-24,27-28,35-45H2,1-13H3,(H,77,89)(H,78,90)(H3,75,76,92)/t49-,50-,51-,55+,57+,59-,60-,62+,65+,68-/m0/s1. The second kappa shape index (κ2) is 41.6. The minimum atomic E-state index is -0.917. The van der Waals surface area contributed by atoms with Crippen LogP contribution in [0.25, 0.3) is 0 Å². The van der Waals surface area contributed by atoms with Crippen molar-refractivity contribution in [3.05, 3.63) is 94.0 Å². The largest absolute Gasteiger partial charge is 0.445 e. The number of urea groups is 1. The predicted octanol–water partition coefficient (Wildman–Crippen LogP) is 12.2. The van der Waals surface area contributed by atoms with Gasteiger partial charge in [-0.2, -0.15) is 0 Å². The fourth-order valence-corrected chi connectivity index (χ4v) is 13.1. The number of benzene rings is 2. The summed E-state index contributed by atoms with van der Waals surface area (Å²) in [5.41, 5.74) is 7.57. The van der Waals surface area contributed by atoms with E-state index in [9.17, 15) is 47.9 Å². The Morgan fingerprint density at radius 1 is 0.729 bits per heavy atom. The van der Waals surface area contributed by atoms with Crippen LogP contribution in [0.3, 0.4) is 0 Å². The van der Waals surface area contributed by atoms with Gasteiger partial charge in [0.15, 0.2) is 5.78 Å². The van der Waals surface area contributed by atoms with E-state index < -0.39 is 47.9 Å². The maximum Gasteiger partial charge on any atom is 0.410 e. The molecule has 3 aromatic rings. The normalized spacial score (nSPS) is 15.4. The smallest absolute Gasteiger partial charge is 0.410 e. The molecule has 0 saturated heterocycles. The van der Waals surface area contributed by atoms with Gasteiger partial charge in [-0.05, 0) is 105 Å². The third-order valence-electron chi connectivity index (χ3n) is 18.5. The Balaban J connectivity index is 1.45. The number of hydrogen-bond donors (Lipinski definition) is 4. The van der Waals surface area contributed by atoms with Gasteiger partial charge in [-0.15, -0.1) is 11.3 Å². The summed E-state index contributed by atoms with van der Waals surface area (Å²) in [7, 11) is 1.54. The van der Waals surface area contributed by atoms with Gasteiger partial charge < -0.3 is 41.0 Å². The summed E-state index contributed by atoms with van der Waals surface area (Å²) in [6.07, 6.45) is 7.42. The minimum absolute atomic E-state index is 0.0126. The number of rotatable bonds is 46. The summed E-state index contributed by atoms with van der Waals surface area (Å²) in [5, 5.41) is 10.9. The van der Waals surface area contributed by atoms with Crippen LogP contribution < -0.4 is 21.7 Å². The molecule has 8 amide bonds. The molecule has 1 aliphatic rings. The van der Waals surface area contributed by atoms with E-state index in [1.165, 1.54) is 35.4 Å². The van der Waals surface area contributed by atoms with E-state index in [2.05, 4.69) is 29.8 Å². The van der Waals surface area contributed by atoms with Crippen LogP contribution in [0, 0.1) is 47.3 Å². The van der Waals surface area contributed by atoms with Crippen LogP contribution in [0.15, 0.2) is 72.1 Å². The van der Waals surface area contributed by atoms with E-state index in [4.69, 9.17) is 20.2 Å². The van der Waals surface area contributed by atoms with Gasteiger partial charge in [0.05, 0.1) is 6.04 Å². The molecule has 1 aliphatic heterocycles. The van der Waals surface area contributed by atoms with Crippen LogP contribution in [0.1, 0.15) is 212 Å². The Bertz CT molecular complexity index is 3040. The summed E-state index contributed by atoms with van der Waals surface area (Å²) in [5.74, 6) is -5.31. The van der Waals surface area contributed by atoms with Crippen molar-refractivity contribution < 1.29 is 62.2 Å². The number of carbonyl (C=O) groups is 11. The van der Waals surface area contributed by atoms with Crippen LogP contribution in [-0.4, -0.2) is 136 Å². The molecule has 2 heterocycles. The average molecular weight is 1350 g/mol. The van der Waals surface area contributed by atoms with Crippen LogP contribution >= 0.6 is 11.3 Å². The summed E-state index contributed by atoms with van der Waals surface area (Å²) >= 11 is 1.33. The van der Waals surface area contributed by atoms with Crippen molar-refractivity contribution in [1.82, 2.24) is 30.3 Å². The van der Waals surface area contributed by atoms with E-state index in [1.54, 1.807) is 36.6 Å². The first-order valence-corrected chi connectivity index (χ1v) is 35.7. The first-order chi connectivity index (χ1) is 45.6. The van der Waals surface area contributed by atoms with E-state index >= 15 is 4.79 Å². The topological polar surface area (TPSA) is 291 Å². The van der Waals surface area contributed by atoms with Crippen LogP contribution in [0.5, 0.6) is 0 Å². The second-order valence-electron chi connectivity index (χ2n) is 26.8. The zero-order valence-electron chi connectivity index (χ0n) is 59.3. The van der Waals surface area contributed by atoms with Crippen LogP contribution in [-0.2, 0) is 60.9 Å². The maximum absolute atomic E-state index is 15.4. The maximum atomic E-state index is 15.4. The predicted molar refractivity (Wildman–Crippen MR) is 373 cm³/mol. The first-order valence-electron chi connectivity index (χ1n) is 34.8. The highest BCUT2D eigenvalue weighted by atomic mass is 32.1. The molecule has 21 nitrogen and oxygen atoms in total. The molecule has 0 aliphatic carbocycles. The Morgan fingerprint density at radius 2 is 1.40 bits per heavy atom. The number of ketones is 4. The van der Waals surface area contributed by atoms with E-state index in [-0.39, 0.29) is 146 Å². The van der Waals surface area contributed by atoms with Crippen molar-refractivity contribution in [3.63, 3.8) is 0 Å². The quantitative estimate of drug-likeness (QED) is 0.0302. The van der Waals surface area contributed by atoms with Gasteiger partial charge in [-0.25, -0.2) is 14.6 Å². The highest BCUT2D eigenvalue weighted by molar-refractivity contribution is 7.09. The van der Waals surface area contributed by atoms with Crippen LogP contribution in [0.4, 0.5) is 15.3 Å². The number of likely N-dealkylation sites (N-methyl/N-ethyl adjacent to an activating group) is 1. The number of carbonyl (C=O) groups excluding carboxylic acids is 11. The third-order valence-corrected chi connectivity index (χ3v) is 19.5. The fraction of sp³-hybridized carbons (Fsp3) is 0.622. The third kappa shape index (κ3) is 26.2. The number of amides is 8. The average Bonchev–Trinajstić information content (AvgIpc) is 1.12. The van der Waals surface area contributed by atoms with Crippen molar-refractivity contribution in [2.24, 2.45) is 53.1 Å². The zero-order valence-corrected chi connectivity index (χ0v) is 60.1. The summed E-state index contributed by atoms with van der Waals surface area (Å²) in [6, 6.07) is 14.2. The highest BCUT2D eigenvalue weighted by Crippen LogP contribution is 2.35. The molecule has 96 heavy (non-hydrogen) atoms. The van der Waals surface area contributed by atoms with Crippen molar-refractivity contribution in [2.45, 2.75) is 217 Å². The van der Waals surface area contributed by atoms with Gasteiger partial charge in [0.1, 0.15) is 40.8 Å². The Hall–Kier alpha value is -7.46. The molecule has 530 valence electrons. The lowest BCUT2D eigenvalue weighted by Gasteiger charge is -2.40. The first kappa shape index (κ1) is 81.0. The van der Waals surface area contributed by atoms with Gasteiger partial charge in [0.25, 0.3) is 17.7 Å². The minimum Gasteiger partial charge on any atom is -0.445 e. The highest BCUT2D eigenvalue weighted by Gasteiger charge is 2.41. The number of nitrogens with zero attached hydrogens (tertiary/aromatic N) is 4. The SMILES string of the molecule is CCCO[C@H](C[C@H](C(C)C)N(CCC)C(=O)[C@@H](CC(=O)[C@H]([C@@H](C)CC)N(C)C(=O)OCc1ccc(NC(=O)[C@H](CCCNC(N)=O)CC(=O)[C@@H](CC(=O)CCCCCN2C(=O)C=CC2=O)C(C)C)cc1)[C@@H](C)CC)c1nc(C(=O)N[C@@H](Cc2ccccc2)C[C@H](C)C(C)=O)cs1. The number of aromatic nitrogens is 1. The Kier molecular flexibility index (Phi) is 35.1. The van der Waals surface area contributed by atoms with E-state index in [0.717, 1.165) is 16.9 Å². The molecule has 10 atom stereocenters. The Morgan fingerprint density at radius 3 is 1.99 bits per heavy atom. The van der Waals surface area contributed by atoms with Gasteiger partial charge in [0, 0.05) is 124 Å². The molecule has 0 saturated carbocycles. The number of hydrogen-bond acceptors (Lipinski definition) is 15. The summed E-state index contributed by atoms with van der Waals surface area (Å²) in [4.78, 5) is 156. The van der Waals surface area contributed by atoms with E-state index in [1.807, 2.05) is 97.5 Å². The summed E-state index contributed by atoms with van der Waals surface area (Å²) < 4.78 is 12.4. The molecular formula is C74H110N8O13S. The monoisotopic (exact) mass is 1350 g/mol. The Labute approximate surface area is 574 Å².